The summed E-state index contributed by atoms with van der Waals surface area (Å²) in [5.74, 6) is 1.07. The number of benzene rings is 1. The molecule has 0 spiro atoms. The average molecular weight is 350 g/mol. The largest absolute Gasteiger partial charge is 0.482 e. The Morgan fingerprint density at radius 3 is 2.90 bits per heavy atom. The predicted molar refractivity (Wildman–Crippen MR) is 79.8 cm³/mol. The highest BCUT2D eigenvalue weighted by Gasteiger charge is 2.22. The lowest BCUT2D eigenvalue weighted by Gasteiger charge is -2.19. The van der Waals surface area contributed by atoms with Gasteiger partial charge in [-0.3, -0.25) is 9.59 Å². The summed E-state index contributed by atoms with van der Waals surface area (Å²) in [6.45, 7) is 1.90. The van der Waals surface area contributed by atoms with Gasteiger partial charge in [-0.1, -0.05) is 6.92 Å². The highest BCUT2D eigenvalue weighted by atomic mass is 79.9. The van der Waals surface area contributed by atoms with Gasteiger partial charge in [0.15, 0.2) is 12.4 Å². The Balaban J connectivity index is 1.98. The zero-order valence-electron chi connectivity index (χ0n) is 11.2. The number of furan rings is 1. The van der Waals surface area contributed by atoms with Gasteiger partial charge in [0.1, 0.15) is 11.5 Å². The molecule has 1 aliphatic rings. The smallest absolute Gasteiger partial charge is 0.262 e. The summed E-state index contributed by atoms with van der Waals surface area (Å²) < 4.78 is 11.4. The second-order valence-electron chi connectivity index (χ2n) is 4.61. The van der Waals surface area contributed by atoms with Crippen LogP contribution in [0.15, 0.2) is 33.2 Å². The van der Waals surface area contributed by atoms with Gasteiger partial charge in [-0.2, -0.15) is 0 Å². The van der Waals surface area contributed by atoms with Gasteiger partial charge in [-0.05, 0) is 40.2 Å². The molecule has 0 atom stereocenters. The van der Waals surface area contributed by atoms with Crippen molar-refractivity contribution in [3.8, 4) is 5.75 Å². The number of aryl methyl sites for hydroxylation is 1. The average Bonchev–Trinajstić information content (AvgIpc) is 2.94. The minimum absolute atomic E-state index is 0.0526. The number of carbonyl (C=O) groups excluding carboxylic acids is 2. The summed E-state index contributed by atoms with van der Waals surface area (Å²) in [7, 11) is 0. The van der Waals surface area contributed by atoms with E-state index < -0.39 is 0 Å². The van der Waals surface area contributed by atoms with Gasteiger partial charge >= 0.3 is 0 Å². The van der Waals surface area contributed by atoms with Crippen LogP contribution >= 0.6 is 15.9 Å². The van der Waals surface area contributed by atoms with Crippen LogP contribution < -0.4 is 10.1 Å². The van der Waals surface area contributed by atoms with Crippen molar-refractivity contribution >= 4 is 33.3 Å². The third-order valence-corrected chi connectivity index (χ3v) is 3.84. The molecule has 1 N–H and O–H groups in total. The normalized spacial score (nSPS) is 13.3. The summed E-state index contributed by atoms with van der Waals surface area (Å²) >= 11 is 3.35. The molecule has 1 amide bonds. The van der Waals surface area contributed by atoms with E-state index >= 15 is 0 Å². The van der Waals surface area contributed by atoms with Crippen molar-refractivity contribution in [2.75, 3.05) is 11.9 Å². The first kappa shape index (κ1) is 13.9. The van der Waals surface area contributed by atoms with E-state index in [-0.39, 0.29) is 24.1 Å². The molecule has 1 aromatic heterocycles. The predicted octanol–water partition coefficient (Wildman–Crippen LogP) is 3.17. The van der Waals surface area contributed by atoms with E-state index in [4.69, 9.17) is 9.15 Å². The van der Waals surface area contributed by atoms with Gasteiger partial charge < -0.3 is 14.5 Å². The van der Waals surface area contributed by atoms with Crippen LogP contribution in [0.25, 0.3) is 0 Å². The first-order valence-corrected chi connectivity index (χ1v) is 7.27. The molecule has 108 valence electrons. The van der Waals surface area contributed by atoms with Crippen LogP contribution in [0.1, 0.15) is 28.8 Å². The molecule has 0 saturated heterocycles. The van der Waals surface area contributed by atoms with Crippen LogP contribution in [0.5, 0.6) is 5.75 Å². The van der Waals surface area contributed by atoms with E-state index in [0.717, 1.165) is 12.2 Å². The Hall–Kier alpha value is -2.08. The monoisotopic (exact) mass is 349 g/mol. The molecule has 0 unspecified atom stereocenters. The van der Waals surface area contributed by atoms with Crippen LogP contribution in [0.3, 0.4) is 0 Å². The highest BCUT2D eigenvalue weighted by molar-refractivity contribution is 9.10. The molecule has 1 aromatic carbocycles. The van der Waals surface area contributed by atoms with Crippen LogP contribution in [0.4, 0.5) is 5.69 Å². The molecule has 5 nitrogen and oxygen atoms in total. The molecule has 0 saturated carbocycles. The first-order valence-electron chi connectivity index (χ1n) is 6.48. The van der Waals surface area contributed by atoms with E-state index in [1.165, 1.54) is 0 Å². The Morgan fingerprint density at radius 2 is 2.19 bits per heavy atom. The molecule has 0 radical (unpaired) electrons. The van der Waals surface area contributed by atoms with Crippen molar-refractivity contribution in [2.24, 2.45) is 0 Å². The van der Waals surface area contributed by atoms with Crippen LogP contribution in [-0.2, 0) is 11.2 Å². The molecule has 2 aromatic rings. The maximum Gasteiger partial charge on any atom is 0.262 e. The van der Waals surface area contributed by atoms with E-state index in [9.17, 15) is 9.59 Å². The lowest BCUT2D eigenvalue weighted by Crippen LogP contribution is -2.25. The molecule has 3 rings (SSSR count). The van der Waals surface area contributed by atoms with Gasteiger partial charge in [0.25, 0.3) is 5.91 Å². The standard InChI is InChI=1S/C15H12BrNO4/c1-2-8-3-4-12(21-8)15(19)9-5-13-11(6-10(9)16)17-14(18)7-20-13/h3-6H,2,7H2,1H3,(H,17,18). The van der Waals surface area contributed by atoms with Crippen molar-refractivity contribution < 1.29 is 18.7 Å². The lowest BCUT2D eigenvalue weighted by atomic mass is 10.1. The summed E-state index contributed by atoms with van der Waals surface area (Å²) in [6.07, 6.45) is 0.730. The number of ketones is 1. The Kier molecular flexibility index (Phi) is 3.55. The second-order valence-corrected chi connectivity index (χ2v) is 5.47. The highest BCUT2D eigenvalue weighted by Crippen LogP contribution is 2.34. The molecule has 0 fully saturated rings. The summed E-state index contributed by atoms with van der Waals surface area (Å²) in [6, 6.07) is 6.71. The lowest BCUT2D eigenvalue weighted by molar-refractivity contribution is -0.118. The van der Waals surface area contributed by atoms with Crippen molar-refractivity contribution in [3.05, 3.63) is 45.8 Å². The van der Waals surface area contributed by atoms with Crippen molar-refractivity contribution in [2.45, 2.75) is 13.3 Å². The number of halogens is 1. The minimum Gasteiger partial charge on any atom is -0.482 e. The van der Waals surface area contributed by atoms with Gasteiger partial charge in [-0.15, -0.1) is 0 Å². The number of rotatable bonds is 3. The first-order chi connectivity index (χ1) is 10.1. The van der Waals surface area contributed by atoms with Crippen molar-refractivity contribution in [1.29, 1.82) is 0 Å². The Labute approximate surface area is 129 Å². The zero-order valence-corrected chi connectivity index (χ0v) is 12.8. The number of anilines is 1. The fourth-order valence-electron chi connectivity index (χ4n) is 2.10. The third-order valence-electron chi connectivity index (χ3n) is 3.18. The maximum atomic E-state index is 12.5. The molecule has 2 heterocycles. The van der Waals surface area contributed by atoms with Crippen LogP contribution in [0.2, 0.25) is 0 Å². The fraction of sp³-hybridized carbons (Fsp3) is 0.200. The van der Waals surface area contributed by atoms with Crippen molar-refractivity contribution in [3.63, 3.8) is 0 Å². The zero-order chi connectivity index (χ0) is 15.0. The van der Waals surface area contributed by atoms with Gasteiger partial charge in [-0.25, -0.2) is 0 Å². The minimum atomic E-state index is -0.232. The number of fused-ring (bicyclic) bond motifs is 1. The van der Waals surface area contributed by atoms with Crippen LogP contribution in [-0.4, -0.2) is 18.3 Å². The number of amides is 1. The van der Waals surface area contributed by atoms with Gasteiger partial charge in [0.2, 0.25) is 5.78 Å². The number of nitrogens with one attached hydrogen (secondary N) is 1. The molecule has 0 aliphatic carbocycles. The molecule has 1 aliphatic heterocycles. The van der Waals surface area contributed by atoms with E-state index in [1.54, 1.807) is 24.3 Å². The Bertz CT molecular complexity index is 735. The molecule has 21 heavy (non-hydrogen) atoms. The summed E-state index contributed by atoms with van der Waals surface area (Å²) in [4.78, 5) is 23.8. The van der Waals surface area contributed by atoms with Crippen molar-refractivity contribution in [1.82, 2.24) is 0 Å². The topological polar surface area (TPSA) is 68.5 Å². The maximum absolute atomic E-state index is 12.5. The number of ether oxygens (including phenoxy) is 1. The van der Waals surface area contributed by atoms with Crippen LogP contribution in [0, 0.1) is 0 Å². The van der Waals surface area contributed by atoms with E-state index in [2.05, 4.69) is 21.2 Å². The number of hydrogen-bond donors (Lipinski definition) is 1. The molecule has 0 bridgehead atoms. The molecule has 6 heteroatoms. The quantitative estimate of drug-likeness (QED) is 0.864. The summed E-state index contributed by atoms with van der Waals surface area (Å²) in [5.41, 5.74) is 0.977. The Morgan fingerprint density at radius 1 is 1.38 bits per heavy atom. The number of carbonyl (C=O) groups is 2. The van der Waals surface area contributed by atoms with E-state index in [1.807, 2.05) is 6.92 Å². The molecular formula is C15H12BrNO4. The van der Waals surface area contributed by atoms with Gasteiger partial charge in [0.05, 0.1) is 5.69 Å². The SMILES string of the molecule is CCc1ccc(C(=O)c2cc3c(cc2Br)NC(=O)CO3)o1. The summed E-state index contributed by atoms with van der Waals surface area (Å²) in [5, 5.41) is 2.69. The number of hydrogen-bond acceptors (Lipinski definition) is 4. The molecular weight excluding hydrogens is 338 g/mol. The van der Waals surface area contributed by atoms with Gasteiger partial charge in [0, 0.05) is 16.5 Å². The third kappa shape index (κ3) is 2.58. The second kappa shape index (κ2) is 5.37. The fourth-order valence-corrected chi connectivity index (χ4v) is 2.62. The van der Waals surface area contributed by atoms with E-state index in [0.29, 0.717) is 21.5 Å².